The second-order valence-electron chi connectivity index (χ2n) is 5.02. The van der Waals surface area contributed by atoms with Crippen LogP contribution < -0.4 is 0 Å². The summed E-state index contributed by atoms with van der Waals surface area (Å²) in [6, 6.07) is 5.29. The predicted octanol–water partition coefficient (Wildman–Crippen LogP) is 4.57. The van der Waals surface area contributed by atoms with Crippen molar-refractivity contribution in [1.29, 1.82) is 0 Å². The zero-order valence-corrected chi connectivity index (χ0v) is 13.3. The van der Waals surface area contributed by atoms with Crippen LogP contribution in [0.25, 0.3) is 17.0 Å². The molecule has 0 aliphatic rings. The monoisotopic (exact) mass is 324 g/mol. The summed E-state index contributed by atoms with van der Waals surface area (Å²) in [5.74, 6) is 0.684. The molecule has 0 saturated carbocycles. The number of rotatable bonds is 2. The van der Waals surface area contributed by atoms with Gasteiger partial charge < -0.3 is 9.52 Å². The lowest BCUT2D eigenvalue weighted by molar-refractivity contribution is 0.198. The van der Waals surface area contributed by atoms with Crippen molar-refractivity contribution in [3.05, 3.63) is 45.3 Å². The van der Waals surface area contributed by atoms with Crippen LogP contribution in [0, 0.1) is 13.8 Å². The van der Waals surface area contributed by atoms with Gasteiger partial charge in [0.05, 0.1) is 22.4 Å². The van der Waals surface area contributed by atoms with Gasteiger partial charge in [-0.15, -0.1) is 0 Å². The Balaban J connectivity index is 2.33. The summed E-state index contributed by atoms with van der Waals surface area (Å²) in [5.41, 5.74) is 3.52. The average molecular weight is 325 g/mol. The highest BCUT2D eigenvalue weighted by atomic mass is 35.5. The van der Waals surface area contributed by atoms with E-state index in [1.165, 1.54) is 0 Å². The number of aromatic nitrogens is 2. The normalized spacial score (nSPS) is 13.0. The topological polar surface area (TPSA) is 50.7 Å². The quantitative estimate of drug-likeness (QED) is 0.751. The van der Waals surface area contributed by atoms with Crippen molar-refractivity contribution >= 4 is 28.9 Å². The van der Waals surface area contributed by atoms with Crippen LogP contribution >= 0.6 is 23.2 Å². The third kappa shape index (κ3) is 2.24. The number of aliphatic hydroxyl groups excluding tert-OH is 1. The molecule has 1 aromatic carbocycles. The number of hydrogen-bond donors (Lipinski definition) is 1. The molecular weight excluding hydrogens is 311 g/mol. The van der Waals surface area contributed by atoms with E-state index in [-0.39, 0.29) is 0 Å². The molecule has 3 aromatic rings. The van der Waals surface area contributed by atoms with Crippen molar-refractivity contribution in [3.63, 3.8) is 0 Å². The van der Waals surface area contributed by atoms with Crippen LogP contribution in [-0.2, 0) is 0 Å². The van der Waals surface area contributed by atoms with Gasteiger partial charge in [0.2, 0.25) is 5.71 Å². The van der Waals surface area contributed by atoms with E-state index in [0.717, 1.165) is 17.0 Å². The molecule has 4 nitrogen and oxygen atoms in total. The summed E-state index contributed by atoms with van der Waals surface area (Å²) < 4.78 is 7.48. The highest BCUT2D eigenvalue weighted by Gasteiger charge is 2.23. The third-order valence-corrected chi connectivity index (χ3v) is 4.01. The molecule has 0 aliphatic carbocycles. The molecule has 2 aromatic heterocycles. The number of aliphatic hydroxyl groups is 1. The van der Waals surface area contributed by atoms with Crippen molar-refractivity contribution in [2.75, 3.05) is 0 Å². The lowest BCUT2D eigenvalue weighted by atomic mass is 10.1. The molecule has 1 unspecified atom stereocenters. The predicted molar refractivity (Wildman–Crippen MR) is 83.0 cm³/mol. The molecule has 21 heavy (non-hydrogen) atoms. The molecule has 0 spiro atoms. The molecule has 0 aliphatic heterocycles. The maximum absolute atomic E-state index is 9.90. The molecular formula is C15H14Cl2N2O2. The summed E-state index contributed by atoms with van der Waals surface area (Å²) in [5, 5.41) is 15.5. The van der Waals surface area contributed by atoms with Gasteiger partial charge in [-0.2, -0.15) is 9.61 Å². The Labute approximate surface area is 131 Å². The van der Waals surface area contributed by atoms with Crippen LogP contribution in [-0.4, -0.2) is 14.7 Å². The van der Waals surface area contributed by atoms with Gasteiger partial charge >= 0.3 is 0 Å². The molecule has 3 rings (SSSR count). The van der Waals surface area contributed by atoms with E-state index in [1.807, 2.05) is 19.9 Å². The lowest BCUT2D eigenvalue weighted by Crippen LogP contribution is -1.92. The van der Waals surface area contributed by atoms with Gasteiger partial charge in [0.1, 0.15) is 11.5 Å². The first-order chi connectivity index (χ1) is 9.90. The summed E-state index contributed by atoms with van der Waals surface area (Å²) in [6.45, 7) is 5.38. The van der Waals surface area contributed by atoms with E-state index in [1.54, 1.807) is 23.6 Å². The largest absolute Gasteiger partial charge is 0.441 e. The number of halogens is 2. The Morgan fingerprint density at radius 3 is 2.62 bits per heavy atom. The molecule has 1 atom stereocenters. The number of fused-ring (bicyclic) bond motifs is 1. The minimum atomic E-state index is -0.651. The number of hydrogen-bond acceptors (Lipinski definition) is 3. The molecule has 0 radical (unpaired) electrons. The van der Waals surface area contributed by atoms with Gasteiger partial charge in [-0.25, -0.2) is 0 Å². The first kappa shape index (κ1) is 14.4. The standard InChI is InChI=1S/C15H14Cl2N2O2/c1-7-13(8(2)20)15-19(18-7)14(9(3)21-15)11-5-4-10(16)6-12(11)17/h4-6,8,20H,1-3H3. The van der Waals surface area contributed by atoms with E-state index in [4.69, 9.17) is 27.6 Å². The average Bonchev–Trinajstić information content (AvgIpc) is 2.83. The Hall–Kier alpha value is -1.49. The Kier molecular flexibility index (Phi) is 3.48. The second-order valence-corrected chi connectivity index (χ2v) is 5.87. The fourth-order valence-electron chi connectivity index (χ4n) is 2.58. The molecule has 2 heterocycles. The number of nitrogens with zero attached hydrogens (tertiary/aromatic N) is 2. The van der Waals surface area contributed by atoms with Crippen LogP contribution in [0.4, 0.5) is 0 Å². The van der Waals surface area contributed by atoms with E-state index in [2.05, 4.69) is 5.10 Å². The van der Waals surface area contributed by atoms with Gasteiger partial charge in [-0.1, -0.05) is 23.2 Å². The molecule has 110 valence electrons. The van der Waals surface area contributed by atoms with Crippen molar-refractivity contribution in [3.8, 4) is 11.3 Å². The third-order valence-electron chi connectivity index (χ3n) is 3.46. The fraction of sp³-hybridized carbons (Fsp3) is 0.267. The molecule has 0 amide bonds. The minimum Gasteiger partial charge on any atom is -0.441 e. The van der Waals surface area contributed by atoms with Crippen molar-refractivity contribution < 1.29 is 9.52 Å². The maximum atomic E-state index is 9.90. The Morgan fingerprint density at radius 1 is 1.29 bits per heavy atom. The van der Waals surface area contributed by atoms with Crippen LogP contribution in [0.3, 0.4) is 0 Å². The lowest BCUT2D eigenvalue weighted by Gasteiger charge is -2.03. The highest BCUT2D eigenvalue weighted by Crippen LogP contribution is 2.36. The molecule has 0 bridgehead atoms. The Morgan fingerprint density at radius 2 is 2.00 bits per heavy atom. The van der Waals surface area contributed by atoms with Gasteiger partial charge in [0, 0.05) is 10.6 Å². The van der Waals surface area contributed by atoms with Gasteiger partial charge in [0.25, 0.3) is 0 Å². The number of benzene rings is 1. The highest BCUT2D eigenvalue weighted by molar-refractivity contribution is 6.36. The van der Waals surface area contributed by atoms with E-state index < -0.39 is 6.10 Å². The van der Waals surface area contributed by atoms with E-state index in [9.17, 15) is 5.11 Å². The van der Waals surface area contributed by atoms with Gasteiger partial charge in [-0.3, -0.25) is 0 Å². The second kappa shape index (κ2) is 5.05. The van der Waals surface area contributed by atoms with Crippen LogP contribution in [0.2, 0.25) is 10.0 Å². The summed E-state index contributed by atoms with van der Waals surface area (Å²) >= 11 is 12.2. The molecule has 1 N–H and O–H groups in total. The van der Waals surface area contributed by atoms with Gasteiger partial charge in [0.15, 0.2) is 0 Å². The zero-order valence-electron chi connectivity index (χ0n) is 11.8. The van der Waals surface area contributed by atoms with Gasteiger partial charge in [-0.05, 0) is 39.0 Å². The van der Waals surface area contributed by atoms with Crippen molar-refractivity contribution in [1.82, 2.24) is 9.61 Å². The van der Waals surface area contributed by atoms with Crippen molar-refractivity contribution in [2.45, 2.75) is 26.9 Å². The van der Waals surface area contributed by atoms with E-state index >= 15 is 0 Å². The number of oxazole rings is 1. The van der Waals surface area contributed by atoms with Crippen LogP contribution in [0.15, 0.2) is 22.6 Å². The SMILES string of the molecule is Cc1nn2c(-c3ccc(Cl)cc3Cl)c(C)oc2c1C(C)O. The molecule has 0 saturated heterocycles. The Bertz CT molecular complexity index is 834. The minimum absolute atomic E-state index is 0.528. The van der Waals surface area contributed by atoms with Crippen LogP contribution in [0.1, 0.15) is 30.0 Å². The molecule has 0 fully saturated rings. The van der Waals surface area contributed by atoms with Crippen LogP contribution in [0.5, 0.6) is 0 Å². The molecule has 6 heteroatoms. The summed E-state index contributed by atoms with van der Waals surface area (Å²) in [4.78, 5) is 0. The zero-order chi connectivity index (χ0) is 15.3. The maximum Gasteiger partial charge on any atom is 0.228 e. The van der Waals surface area contributed by atoms with E-state index in [0.29, 0.717) is 27.1 Å². The smallest absolute Gasteiger partial charge is 0.228 e. The van der Waals surface area contributed by atoms with Crippen molar-refractivity contribution in [2.24, 2.45) is 0 Å². The summed E-state index contributed by atoms with van der Waals surface area (Å²) in [6.07, 6.45) is -0.651. The fourth-order valence-corrected chi connectivity index (χ4v) is 3.07. The first-order valence-electron chi connectivity index (χ1n) is 6.52. The summed E-state index contributed by atoms with van der Waals surface area (Å²) in [7, 11) is 0. The number of aryl methyl sites for hydroxylation is 2. The first-order valence-corrected chi connectivity index (χ1v) is 7.28.